The number of hydrogen-bond acceptors (Lipinski definition) is 8. The molecule has 11 heteroatoms. The van der Waals surface area contributed by atoms with Gasteiger partial charge in [0, 0.05) is 36.3 Å². The smallest absolute Gasteiger partial charge is 0.159 e. The van der Waals surface area contributed by atoms with Gasteiger partial charge in [0.25, 0.3) is 0 Å². The fourth-order valence-electron chi connectivity index (χ4n) is 4.70. The predicted octanol–water partition coefficient (Wildman–Crippen LogP) is 3.62. The van der Waals surface area contributed by atoms with Crippen molar-refractivity contribution in [2.24, 2.45) is 5.73 Å². The number of nitrogens with zero attached hydrogens (tertiary/aromatic N) is 7. The molecule has 0 amide bonds. The maximum Gasteiger partial charge on any atom is 0.159 e. The molecule has 5 aromatic heterocycles. The van der Waals surface area contributed by atoms with E-state index in [9.17, 15) is 4.39 Å². The first-order valence-corrected chi connectivity index (χ1v) is 11.8. The van der Waals surface area contributed by atoms with Gasteiger partial charge in [-0.25, -0.2) is 14.4 Å². The second-order valence-corrected chi connectivity index (χ2v) is 9.27. The lowest BCUT2D eigenvalue weighted by atomic mass is 10.1. The van der Waals surface area contributed by atoms with Crippen LogP contribution < -0.4 is 10.6 Å². The van der Waals surface area contributed by atoms with Gasteiger partial charge in [0.15, 0.2) is 5.82 Å². The van der Waals surface area contributed by atoms with Crippen molar-refractivity contribution in [3.05, 3.63) is 66.5 Å². The molecule has 6 heterocycles. The predicted molar refractivity (Wildman–Crippen MR) is 138 cm³/mol. The van der Waals surface area contributed by atoms with E-state index in [-0.39, 0.29) is 11.9 Å². The molecule has 1 aliphatic heterocycles. The van der Waals surface area contributed by atoms with E-state index in [1.54, 1.807) is 24.8 Å². The number of benzene rings is 1. The average Bonchev–Trinajstić information content (AvgIpc) is 3.49. The zero-order chi connectivity index (χ0) is 25.1. The van der Waals surface area contributed by atoms with Gasteiger partial charge in [-0.3, -0.25) is 20.1 Å². The highest BCUT2D eigenvalue weighted by atomic mass is 19.1. The Kier molecular flexibility index (Phi) is 4.73. The van der Waals surface area contributed by atoms with Gasteiger partial charge in [0.1, 0.15) is 28.5 Å². The number of rotatable bonds is 4. The summed E-state index contributed by atoms with van der Waals surface area (Å²) in [6.45, 7) is 3.37. The molecule has 182 valence electrons. The van der Waals surface area contributed by atoms with Crippen LogP contribution in [0, 0.1) is 12.7 Å². The summed E-state index contributed by atoms with van der Waals surface area (Å²) in [6.07, 6.45) is 6.83. The summed E-state index contributed by atoms with van der Waals surface area (Å²) in [5, 5.41) is 8.36. The van der Waals surface area contributed by atoms with Crippen LogP contribution in [0.25, 0.3) is 56.1 Å². The van der Waals surface area contributed by atoms with Gasteiger partial charge in [0.2, 0.25) is 0 Å². The minimum Gasteiger partial charge on any atom is -0.352 e. The Morgan fingerprint density at radius 2 is 1.86 bits per heavy atom. The van der Waals surface area contributed by atoms with Crippen LogP contribution in [-0.4, -0.2) is 59.2 Å². The molecular formula is C26H21FN10. The number of hydrogen-bond donors (Lipinski definition) is 3. The summed E-state index contributed by atoms with van der Waals surface area (Å²) in [7, 11) is 0. The SMILES string of the molecule is Cc1cc(F)cc(-c2nccc3[nH]c(-c4n[nH]c5cnc(-c6cncc(N7CC(N)C7)n6)cc45)nc23)c1. The summed E-state index contributed by atoms with van der Waals surface area (Å²) in [4.78, 5) is 28.4. The van der Waals surface area contributed by atoms with Crippen molar-refractivity contribution in [3.63, 3.8) is 0 Å². The average molecular weight is 493 g/mol. The van der Waals surface area contributed by atoms with Crippen LogP contribution in [0.15, 0.2) is 55.1 Å². The van der Waals surface area contributed by atoms with Crippen LogP contribution in [0.4, 0.5) is 10.2 Å². The monoisotopic (exact) mass is 492 g/mol. The van der Waals surface area contributed by atoms with Crippen LogP contribution in [0.2, 0.25) is 0 Å². The van der Waals surface area contributed by atoms with E-state index >= 15 is 0 Å². The molecule has 1 fully saturated rings. The fraction of sp³-hybridized carbons (Fsp3) is 0.154. The van der Waals surface area contributed by atoms with Crippen LogP contribution in [0.1, 0.15) is 5.56 Å². The zero-order valence-electron chi connectivity index (χ0n) is 19.8. The number of aryl methyl sites for hydroxylation is 1. The number of aromatic nitrogens is 8. The number of imidazole rings is 1. The molecule has 0 aliphatic carbocycles. The quantitative estimate of drug-likeness (QED) is 0.339. The van der Waals surface area contributed by atoms with Crippen molar-refractivity contribution in [2.75, 3.05) is 18.0 Å². The van der Waals surface area contributed by atoms with Crippen molar-refractivity contribution in [2.45, 2.75) is 13.0 Å². The number of halogens is 1. The van der Waals surface area contributed by atoms with E-state index in [2.05, 4.69) is 35.0 Å². The van der Waals surface area contributed by atoms with Crippen molar-refractivity contribution >= 4 is 27.8 Å². The minimum absolute atomic E-state index is 0.165. The third kappa shape index (κ3) is 3.67. The lowest BCUT2D eigenvalue weighted by Gasteiger charge is -2.37. The summed E-state index contributed by atoms with van der Waals surface area (Å²) >= 11 is 0. The number of nitrogens with two attached hydrogens (primary N) is 1. The first kappa shape index (κ1) is 21.5. The summed E-state index contributed by atoms with van der Waals surface area (Å²) < 4.78 is 14.1. The van der Waals surface area contributed by atoms with Gasteiger partial charge in [-0.05, 0) is 42.8 Å². The topological polar surface area (TPSA) is 138 Å². The molecule has 0 unspecified atom stereocenters. The highest BCUT2D eigenvalue weighted by Gasteiger charge is 2.25. The third-order valence-corrected chi connectivity index (χ3v) is 6.51. The number of anilines is 1. The second-order valence-electron chi connectivity index (χ2n) is 9.27. The number of H-pyrrole nitrogens is 2. The maximum absolute atomic E-state index is 14.1. The van der Waals surface area contributed by atoms with E-state index in [4.69, 9.17) is 15.7 Å². The van der Waals surface area contributed by atoms with Crippen molar-refractivity contribution in [3.8, 4) is 34.2 Å². The molecular weight excluding hydrogens is 471 g/mol. The minimum atomic E-state index is -0.313. The molecule has 6 aromatic rings. The Balaban J connectivity index is 1.31. The van der Waals surface area contributed by atoms with E-state index in [1.165, 1.54) is 12.1 Å². The largest absolute Gasteiger partial charge is 0.352 e. The highest BCUT2D eigenvalue weighted by Crippen LogP contribution is 2.32. The van der Waals surface area contributed by atoms with E-state index in [0.29, 0.717) is 39.7 Å². The van der Waals surface area contributed by atoms with Crippen LogP contribution in [-0.2, 0) is 0 Å². The van der Waals surface area contributed by atoms with Gasteiger partial charge in [0.05, 0.1) is 41.0 Å². The Bertz CT molecular complexity index is 1780. The molecule has 0 spiro atoms. The summed E-state index contributed by atoms with van der Waals surface area (Å²) in [5.41, 5.74) is 12.1. The Hall–Kier alpha value is -4.77. The summed E-state index contributed by atoms with van der Waals surface area (Å²) in [6, 6.07) is 8.77. The fourth-order valence-corrected chi connectivity index (χ4v) is 4.70. The van der Waals surface area contributed by atoms with Gasteiger partial charge in [-0.15, -0.1) is 0 Å². The Morgan fingerprint density at radius 1 is 0.973 bits per heavy atom. The van der Waals surface area contributed by atoms with Gasteiger partial charge >= 0.3 is 0 Å². The lowest BCUT2D eigenvalue weighted by molar-refractivity contribution is 0.514. The van der Waals surface area contributed by atoms with E-state index in [1.807, 2.05) is 25.1 Å². The maximum atomic E-state index is 14.1. The number of pyridine rings is 2. The Morgan fingerprint density at radius 3 is 2.70 bits per heavy atom. The standard InChI is InChI=1S/C26H21FN10/c1-13-4-14(6-15(27)5-13)23-25-18(2-3-30-23)33-26(34-25)24-17-7-19(31-9-20(17)35-36-24)21-8-29-10-22(32-21)37-11-16(28)12-37/h2-10,16H,11-12,28H2,1H3,(H,33,34)(H,35,36). The van der Waals surface area contributed by atoms with Gasteiger partial charge < -0.3 is 15.6 Å². The molecule has 1 aromatic carbocycles. The normalized spacial score (nSPS) is 14.0. The number of fused-ring (bicyclic) bond motifs is 2. The lowest BCUT2D eigenvalue weighted by Crippen LogP contribution is -2.56. The van der Waals surface area contributed by atoms with E-state index < -0.39 is 0 Å². The second kappa shape index (κ2) is 8.14. The molecule has 37 heavy (non-hydrogen) atoms. The first-order valence-electron chi connectivity index (χ1n) is 11.8. The molecule has 1 saturated heterocycles. The molecule has 0 radical (unpaired) electrons. The highest BCUT2D eigenvalue weighted by molar-refractivity contribution is 5.96. The van der Waals surface area contributed by atoms with Crippen LogP contribution in [0.3, 0.4) is 0 Å². The van der Waals surface area contributed by atoms with Crippen molar-refractivity contribution < 1.29 is 4.39 Å². The van der Waals surface area contributed by atoms with Crippen LogP contribution >= 0.6 is 0 Å². The third-order valence-electron chi connectivity index (χ3n) is 6.51. The van der Waals surface area contributed by atoms with Gasteiger partial charge in [-0.1, -0.05) is 0 Å². The Labute approximate surface area is 209 Å². The van der Waals surface area contributed by atoms with Gasteiger partial charge in [-0.2, -0.15) is 5.10 Å². The first-order chi connectivity index (χ1) is 18.0. The molecule has 10 nitrogen and oxygen atoms in total. The zero-order valence-corrected chi connectivity index (χ0v) is 19.8. The molecule has 7 rings (SSSR count). The molecule has 4 N–H and O–H groups in total. The number of aromatic amines is 2. The van der Waals surface area contributed by atoms with E-state index in [0.717, 1.165) is 40.9 Å². The van der Waals surface area contributed by atoms with Crippen molar-refractivity contribution in [1.29, 1.82) is 0 Å². The molecule has 1 aliphatic rings. The molecule has 0 bridgehead atoms. The molecule has 0 saturated carbocycles. The number of nitrogens with one attached hydrogen (secondary N) is 2. The van der Waals surface area contributed by atoms with Crippen LogP contribution in [0.5, 0.6) is 0 Å². The van der Waals surface area contributed by atoms with Crippen molar-refractivity contribution in [1.82, 2.24) is 40.1 Å². The molecule has 0 atom stereocenters. The summed E-state index contributed by atoms with van der Waals surface area (Å²) in [5.74, 6) is 1.03.